The summed E-state index contributed by atoms with van der Waals surface area (Å²) in [4.78, 5) is 63.3. The number of fused-ring (bicyclic) bond motifs is 6. The summed E-state index contributed by atoms with van der Waals surface area (Å²) in [6.45, 7) is 13.1. The molecule has 2 aromatic heterocycles. The molecule has 5 N–H and O–H groups in total. The van der Waals surface area contributed by atoms with Gasteiger partial charge in [-0.2, -0.15) is 0 Å². The van der Waals surface area contributed by atoms with E-state index in [9.17, 15) is 24.3 Å². The lowest BCUT2D eigenvalue weighted by Crippen LogP contribution is -2.62. The van der Waals surface area contributed by atoms with E-state index >= 15 is 0 Å². The topological polar surface area (TPSA) is 181 Å². The summed E-state index contributed by atoms with van der Waals surface area (Å²) in [5.74, 6) is -2.23. The third kappa shape index (κ3) is 9.69. The smallest absolute Gasteiger partial charge is 0.324 e. The van der Waals surface area contributed by atoms with Gasteiger partial charge in [0.2, 0.25) is 11.8 Å². The van der Waals surface area contributed by atoms with Crippen LogP contribution in [0.1, 0.15) is 103 Å². The number of aryl methyl sites for hydroxylation is 1. The van der Waals surface area contributed by atoms with Crippen LogP contribution in [0.25, 0.3) is 33.3 Å². The molecule has 6 bridgehead atoms. The maximum atomic E-state index is 14.7. The molecule has 0 radical (unpaired) electrons. The minimum Gasteiger partial charge on any atom is -0.508 e. The third-order valence-electron chi connectivity index (χ3n) is 13.5. The lowest BCUT2D eigenvalue weighted by Gasteiger charge is -2.38. The van der Waals surface area contributed by atoms with Gasteiger partial charge in [0.25, 0.3) is 5.91 Å². The first-order valence-electron chi connectivity index (χ1n) is 23.0. The van der Waals surface area contributed by atoms with Gasteiger partial charge in [-0.15, -0.1) is 0 Å². The van der Waals surface area contributed by atoms with Crippen molar-refractivity contribution < 1.29 is 33.8 Å². The summed E-state index contributed by atoms with van der Waals surface area (Å²) >= 11 is 0. The number of cyclic esters (lactones) is 1. The Morgan fingerprint density at radius 1 is 1.06 bits per heavy atom. The maximum absolute atomic E-state index is 14.7. The molecule has 2 aliphatic heterocycles. The highest BCUT2D eigenvalue weighted by Gasteiger charge is 2.40. The molecule has 4 heterocycles. The highest BCUT2D eigenvalue weighted by atomic mass is 16.5. The van der Waals surface area contributed by atoms with E-state index in [0.29, 0.717) is 44.3 Å². The molecule has 0 unspecified atom stereocenters. The van der Waals surface area contributed by atoms with E-state index in [4.69, 9.17) is 20.2 Å². The Labute approximate surface area is 377 Å². The molecule has 3 amide bonds. The van der Waals surface area contributed by atoms with Crippen LogP contribution < -0.4 is 16.5 Å². The fraction of sp³-hybridized carbons (Fsp3) is 0.540. The van der Waals surface area contributed by atoms with E-state index in [2.05, 4.69) is 54.3 Å². The molecule has 4 aromatic rings. The summed E-state index contributed by atoms with van der Waals surface area (Å²) in [7, 11) is 3.32. The van der Waals surface area contributed by atoms with Crippen LogP contribution >= 0.6 is 0 Å². The minimum atomic E-state index is -1.12. The van der Waals surface area contributed by atoms with E-state index in [1.807, 2.05) is 39.0 Å². The van der Waals surface area contributed by atoms with Crippen molar-refractivity contribution in [3.8, 4) is 28.1 Å². The molecule has 1 aliphatic carbocycles. The quantitative estimate of drug-likeness (QED) is 0.137. The number of phenols is 1. The molecule has 3 aliphatic rings. The molecule has 14 nitrogen and oxygen atoms in total. The van der Waals surface area contributed by atoms with E-state index in [-0.39, 0.29) is 48.7 Å². The molecule has 6 atom stereocenters. The molecule has 14 heteroatoms. The van der Waals surface area contributed by atoms with Crippen molar-refractivity contribution in [1.82, 2.24) is 30.2 Å². The van der Waals surface area contributed by atoms with Crippen molar-refractivity contribution in [2.75, 3.05) is 27.3 Å². The normalized spacial score (nSPS) is 22.7. The van der Waals surface area contributed by atoms with E-state index in [0.717, 1.165) is 63.8 Å². The van der Waals surface area contributed by atoms with Crippen LogP contribution in [0.4, 0.5) is 0 Å². The molecule has 1 saturated heterocycles. The summed E-state index contributed by atoms with van der Waals surface area (Å²) in [5.41, 5.74) is 16.1. The Hall–Kier alpha value is -5.31. The number of esters is 1. The zero-order valence-corrected chi connectivity index (χ0v) is 38.8. The first kappa shape index (κ1) is 46.7. The summed E-state index contributed by atoms with van der Waals surface area (Å²) < 4.78 is 14.2. The molecule has 64 heavy (non-hydrogen) atoms. The van der Waals surface area contributed by atoms with Gasteiger partial charge < -0.3 is 35.1 Å². The Kier molecular flexibility index (Phi) is 14.2. The highest BCUT2D eigenvalue weighted by Crippen LogP contribution is 2.42. The van der Waals surface area contributed by atoms with E-state index < -0.39 is 41.3 Å². The number of hydrogen-bond acceptors (Lipinski definition) is 10. The SMILES string of the molecule is CCn1c(-c2cccnc2[C@H](C)OC)c2c3cc(ccc31)-c1cc(O)cc(c1)C[C@H](NC(=O)[C@H](C(C)C)N(C)C(=O)[C@H]1CCCC[C@@H]1N)C(=O)N1CCC[C@H](N1)C(=O)OCC(C)(C)C2. The van der Waals surface area contributed by atoms with Crippen molar-refractivity contribution in [2.45, 2.75) is 130 Å². The van der Waals surface area contributed by atoms with Crippen molar-refractivity contribution in [1.29, 1.82) is 0 Å². The Morgan fingerprint density at radius 3 is 2.55 bits per heavy atom. The number of pyridine rings is 1. The number of hydrogen-bond donors (Lipinski definition) is 4. The monoisotopic (exact) mass is 878 g/mol. The van der Waals surface area contributed by atoms with E-state index in [1.165, 1.54) is 9.91 Å². The van der Waals surface area contributed by atoms with Crippen LogP contribution in [-0.4, -0.2) is 99.7 Å². The number of aromatic hydroxyl groups is 1. The lowest BCUT2D eigenvalue weighted by atomic mass is 9.83. The number of hydrazine groups is 1. The molecule has 7 rings (SSSR count). The molecule has 344 valence electrons. The lowest BCUT2D eigenvalue weighted by molar-refractivity contribution is -0.155. The molecule has 0 spiro atoms. The van der Waals surface area contributed by atoms with Crippen LogP contribution in [0.5, 0.6) is 5.75 Å². The van der Waals surface area contributed by atoms with Gasteiger partial charge in [0.05, 0.1) is 30.0 Å². The van der Waals surface area contributed by atoms with Gasteiger partial charge in [-0.25, -0.2) is 5.43 Å². The van der Waals surface area contributed by atoms with Crippen molar-refractivity contribution in [3.05, 3.63) is 71.5 Å². The molecule has 2 aromatic carbocycles. The Balaban J connectivity index is 1.33. The fourth-order valence-electron chi connectivity index (χ4n) is 10.1. The van der Waals surface area contributed by atoms with Crippen molar-refractivity contribution in [2.24, 2.45) is 23.0 Å². The molecular formula is C50H67N7O7. The highest BCUT2D eigenvalue weighted by molar-refractivity contribution is 5.96. The number of carbonyl (C=O) groups is 4. The number of nitrogens with one attached hydrogen (secondary N) is 2. The number of rotatable bonds is 9. The van der Waals surface area contributed by atoms with Crippen LogP contribution in [0.2, 0.25) is 0 Å². The zero-order chi connectivity index (χ0) is 46.0. The van der Waals surface area contributed by atoms with Gasteiger partial charge in [0.1, 0.15) is 23.9 Å². The van der Waals surface area contributed by atoms with Crippen molar-refractivity contribution in [3.63, 3.8) is 0 Å². The number of carbonyl (C=O) groups excluding carboxylic acids is 4. The van der Waals surface area contributed by atoms with Crippen LogP contribution in [0.15, 0.2) is 54.7 Å². The third-order valence-corrected chi connectivity index (χ3v) is 13.5. The number of likely N-dealkylation sites (N-methyl/N-ethyl adjacent to an activating group) is 1. The minimum absolute atomic E-state index is 0.00868. The number of methoxy groups -OCH3 is 1. The molecule has 1 saturated carbocycles. The van der Waals surface area contributed by atoms with Gasteiger partial charge in [-0.05, 0) is 111 Å². The average Bonchev–Trinajstić information content (AvgIpc) is 3.58. The van der Waals surface area contributed by atoms with Gasteiger partial charge in [-0.1, -0.05) is 52.7 Å². The van der Waals surface area contributed by atoms with Gasteiger partial charge in [0, 0.05) is 67.8 Å². The number of phenolic OH excluding ortho intramolecular Hbond substituents is 1. The second-order valence-corrected chi connectivity index (χ2v) is 19.2. The second-order valence-electron chi connectivity index (χ2n) is 19.2. The van der Waals surface area contributed by atoms with Crippen LogP contribution in [0.3, 0.4) is 0 Å². The first-order chi connectivity index (χ1) is 30.5. The van der Waals surface area contributed by atoms with Gasteiger partial charge >= 0.3 is 5.97 Å². The summed E-state index contributed by atoms with van der Waals surface area (Å²) in [6, 6.07) is 12.5. The first-order valence-corrected chi connectivity index (χ1v) is 23.0. The van der Waals surface area contributed by atoms with Gasteiger partial charge in [0.15, 0.2) is 0 Å². The fourth-order valence-corrected chi connectivity index (χ4v) is 10.1. The number of nitrogens with two attached hydrogens (primary N) is 1. The largest absolute Gasteiger partial charge is 0.508 e. The van der Waals surface area contributed by atoms with Crippen molar-refractivity contribution >= 4 is 34.6 Å². The number of aromatic nitrogens is 2. The van der Waals surface area contributed by atoms with E-state index in [1.54, 1.807) is 32.5 Å². The zero-order valence-electron chi connectivity index (χ0n) is 38.8. The van der Waals surface area contributed by atoms with Gasteiger partial charge in [-0.3, -0.25) is 29.2 Å². The predicted molar refractivity (Wildman–Crippen MR) is 247 cm³/mol. The molecule has 2 fully saturated rings. The van der Waals surface area contributed by atoms with Crippen LogP contribution in [-0.2, 0) is 48.0 Å². The standard InChI is InChI=1S/C50H67N7O7/c1-9-56-42-19-18-32-26-37(42)38(45(56)36-15-12-20-52-43(36)30(4)63-8)27-50(5,6)28-64-49(62)40-17-13-21-57(54-40)48(61)41(24-31-22-33(32)25-34(58)23-31)53-46(59)44(29(2)3)55(7)47(60)35-14-10-11-16-39(35)51/h12,15,18-20,22-23,25-26,29-30,35,39-41,44,54,58H,9-11,13-14,16-17,21,24,27-28,51H2,1-8H3,(H,53,59)/t30-,35-,39-,40-,41-,44-/m0/s1. The number of ether oxygens (including phenoxy) is 2. The summed E-state index contributed by atoms with van der Waals surface area (Å²) in [6.07, 6.45) is 6.35. The average molecular weight is 878 g/mol. The number of benzene rings is 2. The second kappa shape index (κ2) is 19.4. The predicted octanol–water partition coefficient (Wildman–Crippen LogP) is 6.45. The Morgan fingerprint density at radius 2 is 1.83 bits per heavy atom. The van der Waals surface area contributed by atoms with Crippen LogP contribution in [0, 0.1) is 17.3 Å². The number of nitrogens with zero attached hydrogens (tertiary/aromatic N) is 4. The summed E-state index contributed by atoms with van der Waals surface area (Å²) in [5, 5.41) is 16.8. The Bertz CT molecular complexity index is 2380. The maximum Gasteiger partial charge on any atom is 0.324 e. The molecular weight excluding hydrogens is 811 g/mol. The number of amides is 3.